The molecule has 3 nitrogen and oxygen atoms in total. The molecule has 0 radical (unpaired) electrons. The quantitative estimate of drug-likeness (QED) is 0.891. The summed E-state index contributed by atoms with van der Waals surface area (Å²) in [5, 5.41) is 10.4. The van der Waals surface area contributed by atoms with Crippen molar-refractivity contribution >= 4 is 15.9 Å². The van der Waals surface area contributed by atoms with Gasteiger partial charge in [0.1, 0.15) is 13.2 Å². The number of rotatable bonds is 4. The Balaban J connectivity index is 1.68. The predicted molar refractivity (Wildman–Crippen MR) is 81.3 cm³/mol. The van der Waals surface area contributed by atoms with Crippen molar-refractivity contribution in [1.82, 2.24) is 0 Å². The number of ether oxygens (including phenoxy) is 2. The first kappa shape index (κ1) is 14.2. The summed E-state index contributed by atoms with van der Waals surface area (Å²) in [6, 6.07) is 3.82. The molecule has 1 atom stereocenters. The first-order valence-corrected chi connectivity index (χ1v) is 8.30. The van der Waals surface area contributed by atoms with Crippen LogP contribution in [0, 0.1) is 5.92 Å². The molecule has 110 valence electrons. The van der Waals surface area contributed by atoms with Gasteiger partial charge in [-0.05, 0) is 36.5 Å². The molecule has 3 rings (SSSR count). The summed E-state index contributed by atoms with van der Waals surface area (Å²) in [6.07, 6.45) is 6.87. The molecule has 0 spiro atoms. The van der Waals surface area contributed by atoms with Gasteiger partial charge in [0.25, 0.3) is 0 Å². The third kappa shape index (κ3) is 3.12. The van der Waals surface area contributed by atoms with Gasteiger partial charge in [-0.1, -0.05) is 41.6 Å². The minimum absolute atomic E-state index is 0.430. The number of hydrogen-bond acceptors (Lipinski definition) is 3. The Bertz CT molecular complexity index is 469. The number of fused-ring (bicyclic) bond motifs is 1. The second-order valence-electron chi connectivity index (χ2n) is 5.76. The number of halogens is 1. The molecular formula is C16H21BrO3. The first-order chi connectivity index (χ1) is 9.74. The molecule has 1 aromatic rings. The van der Waals surface area contributed by atoms with Gasteiger partial charge in [0.15, 0.2) is 11.5 Å². The van der Waals surface area contributed by atoms with Crippen LogP contribution in [0.3, 0.4) is 0 Å². The molecule has 0 amide bonds. The predicted octanol–water partition coefficient (Wildman–Crippen LogP) is 4.22. The van der Waals surface area contributed by atoms with E-state index in [1.165, 1.54) is 25.7 Å². The van der Waals surface area contributed by atoms with Crippen LogP contribution in [0.25, 0.3) is 0 Å². The number of hydrogen-bond donors (Lipinski definition) is 1. The van der Waals surface area contributed by atoms with Crippen LogP contribution in [-0.2, 0) is 0 Å². The van der Waals surface area contributed by atoms with E-state index < -0.39 is 6.10 Å². The standard InChI is InChI=1S/C16H21BrO3/c17-13-10-16-15(19-7-8-20-16)9-12(13)14(18)6-5-11-3-1-2-4-11/h9-11,14,18H,1-8H2. The van der Waals surface area contributed by atoms with Crippen LogP contribution >= 0.6 is 15.9 Å². The van der Waals surface area contributed by atoms with Crippen molar-refractivity contribution in [3.05, 3.63) is 22.2 Å². The Labute approximate surface area is 128 Å². The van der Waals surface area contributed by atoms with Gasteiger partial charge in [-0.25, -0.2) is 0 Å². The Morgan fingerprint density at radius 3 is 2.50 bits per heavy atom. The highest BCUT2D eigenvalue weighted by atomic mass is 79.9. The lowest BCUT2D eigenvalue weighted by atomic mass is 9.96. The fourth-order valence-electron chi connectivity index (χ4n) is 3.18. The Kier molecular flexibility index (Phi) is 4.51. The molecule has 1 unspecified atom stereocenters. The average molecular weight is 341 g/mol. The van der Waals surface area contributed by atoms with E-state index in [2.05, 4.69) is 15.9 Å². The largest absolute Gasteiger partial charge is 0.486 e. The summed E-state index contributed by atoms with van der Waals surface area (Å²) >= 11 is 3.53. The van der Waals surface area contributed by atoms with Crippen molar-refractivity contribution in [2.24, 2.45) is 5.92 Å². The van der Waals surface area contributed by atoms with E-state index in [9.17, 15) is 5.11 Å². The maximum absolute atomic E-state index is 10.4. The fourth-order valence-corrected chi connectivity index (χ4v) is 3.77. The highest BCUT2D eigenvalue weighted by Gasteiger charge is 2.21. The zero-order valence-corrected chi connectivity index (χ0v) is 13.2. The molecule has 2 aliphatic rings. The van der Waals surface area contributed by atoms with Gasteiger partial charge >= 0.3 is 0 Å². The van der Waals surface area contributed by atoms with Gasteiger partial charge < -0.3 is 14.6 Å². The highest BCUT2D eigenvalue weighted by molar-refractivity contribution is 9.10. The van der Waals surface area contributed by atoms with E-state index in [4.69, 9.17) is 9.47 Å². The van der Waals surface area contributed by atoms with Gasteiger partial charge in [0.2, 0.25) is 0 Å². The molecule has 0 bridgehead atoms. The van der Waals surface area contributed by atoms with Gasteiger partial charge in [0.05, 0.1) is 6.10 Å². The maximum Gasteiger partial charge on any atom is 0.162 e. The molecular weight excluding hydrogens is 320 g/mol. The van der Waals surface area contributed by atoms with E-state index in [-0.39, 0.29) is 0 Å². The zero-order chi connectivity index (χ0) is 13.9. The van der Waals surface area contributed by atoms with Gasteiger partial charge in [0, 0.05) is 4.47 Å². The lowest BCUT2D eigenvalue weighted by molar-refractivity contribution is 0.151. The fraction of sp³-hybridized carbons (Fsp3) is 0.625. The summed E-state index contributed by atoms with van der Waals surface area (Å²) < 4.78 is 12.0. The van der Waals surface area contributed by atoms with Crippen molar-refractivity contribution in [2.75, 3.05) is 13.2 Å². The summed E-state index contributed by atoms with van der Waals surface area (Å²) in [7, 11) is 0. The average Bonchev–Trinajstić information content (AvgIpc) is 2.97. The Morgan fingerprint density at radius 1 is 1.15 bits per heavy atom. The lowest BCUT2D eigenvalue weighted by Gasteiger charge is -2.22. The molecule has 20 heavy (non-hydrogen) atoms. The highest BCUT2D eigenvalue weighted by Crippen LogP contribution is 2.39. The normalized spacial score (nSPS) is 20.1. The third-order valence-corrected chi connectivity index (χ3v) is 5.03. The SMILES string of the molecule is OC(CCC1CCCC1)c1cc2c(cc1Br)OCCO2. The van der Waals surface area contributed by atoms with Gasteiger partial charge in [-0.3, -0.25) is 0 Å². The smallest absolute Gasteiger partial charge is 0.162 e. The van der Waals surface area contributed by atoms with E-state index >= 15 is 0 Å². The molecule has 1 aliphatic carbocycles. The van der Waals surface area contributed by atoms with Crippen LogP contribution in [0.5, 0.6) is 11.5 Å². The van der Waals surface area contributed by atoms with Gasteiger partial charge in [-0.15, -0.1) is 0 Å². The minimum Gasteiger partial charge on any atom is -0.486 e. The van der Waals surface area contributed by atoms with Crippen molar-refractivity contribution < 1.29 is 14.6 Å². The Morgan fingerprint density at radius 2 is 1.80 bits per heavy atom. The summed E-state index contributed by atoms with van der Waals surface area (Å²) in [5.41, 5.74) is 0.909. The minimum atomic E-state index is -0.430. The molecule has 0 saturated heterocycles. The number of benzene rings is 1. The van der Waals surface area contributed by atoms with Crippen molar-refractivity contribution in [3.63, 3.8) is 0 Å². The topological polar surface area (TPSA) is 38.7 Å². The van der Waals surface area contributed by atoms with Crippen molar-refractivity contribution in [1.29, 1.82) is 0 Å². The Hall–Kier alpha value is -0.740. The van der Waals surface area contributed by atoms with Crippen LogP contribution in [-0.4, -0.2) is 18.3 Å². The third-order valence-electron chi connectivity index (χ3n) is 4.34. The van der Waals surface area contributed by atoms with Crippen LogP contribution in [0.2, 0.25) is 0 Å². The molecule has 1 saturated carbocycles. The van der Waals surface area contributed by atoms with E-state index in [0.29, 0.717) is 13.2 Å². The van der Waals surface area contributed by atoms with Crippen LogP contribution < -0.4 is 9.47 Å². The zero-order valence-electron chi connectivity index (χ0n) is 11.6. The van der Waals surface area contributed by atoms with Gasteiger partial charge in [-0.2, -0.15) is 0 Å². The summed E-state index contributed by atoms with van der Waals surface area (Å²) in [4.78, 5) is 0. The number of aliphatic hydroxyl groups is 1. The van der Waals surface area contributed by atoms with Crippen LogP contribution in [0.15, 0.2) is 16.6 Å². The molecule has 4 heteroatoms. The monoisotopic (exact) mass is 340 g/mol. The molecule has 0 aromatic heterocycles. The van der Waals surface area contributed by atoms with E-state index in [0.717, 1.165) is 40.3 Å². The lowest BCUT2D eigenvalue weighted by Crippen LogP contribution is -2.16. The molecule has 1 heterocycles. The second kappa shape index (κ2) is 6.35. The maximum atomic E-state index is 10.4. The summed E-state index contributed by atoms with van der Waals surface area (Å²) in [6.45, 7) is 1.16. The van der Waals surface area contributed by atoms with Crippen LogP contribution in [0.4, 0.5) is 0 Å². The van der Waals surface area contributed by atoms with E-state index in [1.54, 1.807) is 0 Å². The molecule has 1 aliphatic heterocycles. The summed E-state index contributed by atoms with van der Waals surface area (Å²) in [5.74, 6) is 2.31. The molecule has 1 fully saturated rings. The van der Waals surface area contributed by atoms with Crippen LogP contribution in [0.1, 0.15) is 50.2 Å². The molecule has 1 aromatic carbocycles. The second-order valence-corrected chi connectivity index (χ2v) is 6.62. The first-order valence-electron chi connectivity index (χ1n) is 7.51. The van der Waals surface area contributed by atoms with E-state index in [1.807, 2.05) is 12.1 Å². The van der Waals surface area contributed by atoms with Crippen molar-refractivity contribution in [2.45, 2.75) is 44.6 Å². The number of aliphatic hydroxyl groups excluding tert-OH is 1. The molecule has 1 N–H and O–H groups in total. The van der Waals surface area contributed by atoms with Crippen molar-refractivity contribution in [3.8, 4) is 11.5 Å².